The molecule has 10 N–H and O–H groups in total. The molecule has 3 unspecified atom stereocenters. The molecule has 57 heavy (non-hydrogen) atoms. The summed E-state index contributed by atoms with van der Waals surface area (Å²) in [6.07, 6.45) is -10.4. The summed E-state index contributed by atoms with van der Waals surface area (Å²) in [5.41, 5.74) is -1.68. The van der Waals surface area contributed by atoms with Crippen molar-refractivity contribution in [2.75, 3.05) is 19.8 Å². The first-order valence-corrected chi connectivity index (χ1v) is 21.1. The molecule has 0 aromatic carbocycles. The number of fused-ring (bicyclic) bond motifs is 7. The lowest BCUT2D eigenvalue weighted by molar-refractivity contribution is -0.363. The van der Waals surface area contributed by atoms with Gasteiger partial charge in [-0.3, -0.25) is 4.79 Å². The van der Waals surface area contributed by atoms with Crippen molar-refractivity contribution in [1.29, 1.82) is 0 Å². The lowest BCUT2D eigenvalue weighted by Crippen LogP contribution is -2.68. The molecule has 2 heterocycles. The maximum Gasteiger partial charge on any atom is 0.315 e. The number of allylic oxidation sites excluding steroid dienone is 2. The predicted octanol–water partition coefficient (Wildman–Crippen LogP) is 0.260. The highest BCUT2D eigenvalue weighted by Gasteiger charge is 2.71. The van der Waals surface area contributed by atoms with Gasteiger partial charge < -0.3 is 70.0 Å². The molecule has 20 atom stereocenters. The van der Waals surface area contributed by atoms with Gasteiger partial charge in [0.25, 0.3) is 0 Å². The van der Waals surface area contributed by atoms with Gasteiger partial charge in [-0.15, -0.1) is 0 Å². The fourth-order valence-electron chi connectivity index (χ4n) is 13.6. The van der Waals surface area contributed by atoms with Gasteiger partial charge >= 0.3 is 5.97 Å². The van der Waals surface area contributed by atoms with Crippen LogP contribution in [-0.2, 0) is 23.7 Å². The van der Waals surface area contributed by atoms with Gasteiger partial charge in [-0.05, 0) is 97.2 Å². The lowest BCUT2D eigenvalue weighted by atomic mass is 9.33. The predicted molar refractivity (Wildman–Crippen MR) is 200 cm³/mol. The van der Waals surface area contributed by atoms with Crippen molar-refractivity contribution in [3.8, 4) is 0 Å². The SMILES string of the molecule is CC1(C)CC[C@]2(C(=O)O[C@@H]3O[C@H](CO)[C@@H](O)[C@H](O)[C@H]3O[C@@H]3O[C@H](CO)[C@@H](O)[C@H](O)[C@H]3O)CC[C@]3(C)C(=CCC4[C@@]5(C)C[C@@H](O)[C@H](O)[C@@](C)(CO)C5CC[C@]43C)C2C1. The maximum atomic E-state index is 15.0. The first-order valence-electron chi connectivity index (χ1n) is 21.1. The first-order chi connectivity index (χ1) is 26.6. The minimum atomic E-state index is -1.85. The molecule has 0 spiro atoms. The zero-order valence-corrected chi connectivity index (χ0v) is 34.2. The van der Waals surface area contributed by atoms with Crippen LogP contribution in [0.1, 0.15) is 99.3 Å². The average Bonchev–Trinajstić information content (AvgIpc) is 3.16. The number of carbonyl (C=O) groups excluding carboxylic acids is 1. The van der Waals surface area contributed by atoms with Crippen LogP contribution in [0.5, 0.6) is 0 Å². The topological polar surface area (TPSA) is 256 Å². The zero-order chi connectivity index (χ0) is 41.8. The number of ether oxygens (including phenoxy) is 4. The molecule has 7 rings (SSSR count). The minimum absolute atomic E-state index is 0.00144. The Labute approximate surface area is 335 Å². The summed E-state index contributed by atoms with van der Waals surface area (Å²) in [7, 11) is 0. The summed E-state index contributed by atoms with van der Waals surface area (Å²) in [6.45, 7) is 11.6. The molecule has 0 aromatic heterocycles. The summed E-state index contributed by atoms with van der Waals surface area (Å²) in [6, 6.07) is 0. The molecule has 2 aliphatic heterocycles. The Bertz CT molecular complexity index is 1540. The number of esters is 1. The zero-order valence-electron chi connectivity index (χ0n) is 34.2. The van der Waals surface area contributed by atoms with Crippen molar-refractivity contribution < 1.29 is 74.8 Å². The maximum absolute atomic E-state index is 15.0. The van der Waals surface area contributed by atoms with E-state index in [2.05, 4.69) is 40.7 Å². The van der Waals surface area contributed by atoms with E-state index in [1.807, 2.05) is 6.92 Å². The number of rotatable bonds is 7. The number of hydrogen-bond donors (Lipinski definition) is 10. The summed E-state index contributed by atoms with van der Waals surface area (Å²) in [5, 5.41) is 106. The normalized spacial score (nSPS) is 54.7. The van der Waals surface area contributed by atoms with E-state index in [0.717, 1.165) is 19.3 Å². The molecule has 4 saturated carbocycles. The van der Waals surface area contributed by atoms with Crippen molar-refractivity contribution >= 4 is 5.97 Å². The van der Waals surface area contributed by atoms with Crippen LogP contribution in [0.15, 0.2) is 11.6 Å². The highest BCUT2D eigenvalue weighted by atomic mass is 16.8. The Balaban J connectivity index is 1.21. The van der Waals surface area contributed by atoms with E-state index < -0.39 is 104 Å². The second kappa shape index (κ2) is 14.9. The Morgan fingerprint density at radius 1 is 0.737 bits per heavy atom. The fourth-order valence-corrected chi connectivity index (χ4v) is 13.6. The Kier molecular flexibility index (Phi) is 11.5. The highest BCUT2D eigenvalue weighted by molar-refractivity contribution is 5.79. The Hall–Kier alpha value is -1.31. The van der Waals surface area contributed by atoms with E-state index in [9.17, 15) is 51.1 Å². The third kappa shape index (κ3) is 6.43. The summed E-state index contributed by atoms with van der Waals surface area (Å²) >= 11 is 0. The smallest absolute Gasteiger partial charge is 0.315 e. The van der Waals surface area contributed by atoms with E-state index in [4.69, 9.17) is 18.9 Å². The number of aliphatic hydroxyl groups excluding tert-OH is 10. The van der Waals surface area contributed by atoms with Gasteiger partial charge in [-0.2, -0.15) is 0 Å². The van der Waals surface area contributed by atoms with Crippen LogP contribution in [0.3, 0.4) is 0 Å². The van der Waals surface area contributed by atoms with E-state index in [1.165, 1.54) is 5.57 Å². The molecule has 15 nitrogen and oxygen atoms in total. The monoisotopic (exact) mass is 812 g/mol. The molecule has 6 fully saturated rings. The van der Waals surface area contributed by atoms with Gasteiger partial charge in [0, 0.05) is 5.41 Å². The molecule has 5 aliphatic carbocycles. The summed E-state index contributed by atoms with van der Waals surface area (Å²) in [5.74, 6) is -0.665. The lowest BCUT2D eigenvalue weighted by Gasteiger charge is -2.71. The third-order valence-electron chi connectivity index (χ3n) is 17.3. The number of carbonyl (C=O) groups is 1. The second-order valence-corrected chi connectivity index (χ2v) is 20.7. The van der Waals surface area contributed by atoms with Crippen molar-refractivity contribution in [3.63, 3.8) is 0 Å². The van der Waals surface area contributed by atoms with Crippen LogP contribution >= 0.6 is 0 Å². The van der Waals surface area contributed by atoms with Crippen molar-refractivity contribution in [2.45, 2.75) is 173 Å². The molecule has 326 valence electrons. The Morgan fingerprint density at radius 3 is 1.98 bits per heavy atom. The van der Waals surface area contributed by atoms with Crippen LogP contribution < -0.4 is 0 Å². The van der Waals surface area contributed by atoms with Crippen molar-refractivity contribution in [3.05, 3.63) is 11.6 Å². The molecular formula is C42H68O15. The molecule has 0 aromatic rings. The van der Waals surface area contributed by atoms with Gasteiger partial charge in [0.1, 0.15) is 42.7 Å². The van der Waals surface area contributed by atoms with Gasteiger partial charge in [-0.25, -0.2) is 0 Å². The molecule has 0 bridgehead atoms. The molecule has 7 aliphatic rings. The molecule has 15 heteroatoms. The van der Waals surface area contributed by atoms with Gasteiger partial charge in [0.2, 0.25) is 6.29 Å². The highest BCUT2D eigenvalue weighted by Crippen LogP contribution is 2.76. The van der Waals surface area contributed by atoms with Crippen LogP contribution in [0, 0.1) is 50.2 Å². The first kappa shape index (κ1) is 43.8. The van der Waals surface area contributed by atoms with E-state index in [1.54, 1.807) is 0 Å². The van der Waals surface area contributed by atoms with E-state index in [-0.39, 0.29) is 46.0 Å². The standard InChI is InChI=1S/C42H68O15/c1-37(2)11-13-42(36(53)57-35-32(30(50)28(48)24(18-44)55-35)56-34-31(51)29(49)27(47)23(17-43)54-34)14-12-40(5)20(21(42)15-37)7-8-26-38(3)16-22(46)33(52)39(4,19-45)25(38)9-10-41(26,40)6/h7,21-35,43-52H,8-19H2,1-6H3/t21?,22-,23-,24-,25?,26?,27-,28-,29+,30+,31-,32-,33+,34+,35+,38+,39+,40-,41-,42+/m1/s1. The van der Waals surface area contributed by atoms with Crippen LogP contribution in [-0.4, -0.2) is 150 Å². The quantitative estimate of drug-likeness (QED) is 0.122. The number of aliphatic hydroxyl groups is 10. The van der Waals surface area contributed by atoms with Crippen LogP contribution in [0.2, 0.25) is 0 Å². The van der Waals surface area contributed by atoms with Crippen molar-refractivity contribution in [1.82, 2.24) is 0 Å². The minimum Gasteiger partial charge on any atom is -0.432 e. The molecular weight excluding hydrogens is 744 g/mol. The summed E-state index contributed by atoms with van der Waals surface area (Å²) < 4.78 is 23.5. The number of hydrogen-bond acceptors (Lipinski definition) is 15. The van der Waals surface area contributed by atoms with Crippen LogP contribution in [0.4, 0.5) is 0 Å². The molecule has 2 saturated heterocycles. The van der Waals surface area contributed by atoms with Crippen LogP contribution in [0.25, 0.3) is 0 Å². The van der Waals surface area contributed by atoms with Crippen molar-refractivity contribution in [2.24, 2.45) is 50.2 Å². The second-order valence-electron chi connectivity index (χ2n) is 20.7. The average molecular weight is 813 g/mol. The van der Waals surface area contributed by atoms with E-state index >= 15 is 4.79 Å². The Morgan fingerprint density at radius 2 is 1.35 bits per heavy atom. The molecule has 0 amide bonds. The molecule has 0 radical (unpaired) electrons. The summed E-state index contributed by atoms with van der Waals surface area (Å²) in [4.78, 5) is 15.0. The van der Waals surface area contributed by atoms with Gasteiger partial charge in [0.15, 0.2) is 12.4 Å². The van der Waals surface area contributed by atoms with E-state index in [0.29, 0.717) is 38.5 Å². The van der Waals surface area contributed by atoms with Gasteiger partial charge in [-0.1, -0.05) is 53.2 Å². The largest absolute Gasteiger partial charge is 0.432 e. The third-order valence-corrected chi connectivity index (χ3v) is 17.3. The fraction of sp³-hybridized carbons (Fsp3) is 0.929. The van der Waals surface area contributed by atoms with Gasteiger partial charge in [0.05, 0.1) is 37.4 Å².